The Bertz CT molecular complexity index is 156. The van der Waals surface area contributed by atoms with E-state index >= 15 is 0 Å². The van der Waals surface area contributed by atoms with Crippen molar-refractivity contribution in [1.29, 1.82) is 0 Å². The summed E-state index contributed by atoms with van der Waals surface area (Å²) >= 11 is 0. The molecule has 0 aromatic rings. The minimum Gasteiger partial charge on any atom is -0.303 e. The minimum atomic E-state index is -1.60. The van der Waals surface area contributed by atoms with Gasteiger partial charge < -0.3 is 19.2 Å². The second-order valence-corrected chi connectivity index (χ2v) is 2.17. The van der Waals surface area contributed by atoms with Crippen molar-refractivity contribution in [3.05, 3.63) is 0 Å². The smallest absolute Gasteiger partial charge is 0.140 e. The van der Waals surface area contributed by atoms with E-state index in [9.17, 15) is 19.2 Å². The van der Waals surface area contributed by atoms with Crippen LogP contribution in [-0.4, -0.2) is 25.1 Å². The molecule has 0 aromatic carbocycles. The molecule has 5 heteroatoms. The monoisotopic (exact) mass is 246 g/mol. The van der Waals surface area contributed by atoms with Crippen molar-refractivity contribution in [2.24, 2.45) is 5.41 Å². The van der Waals surface area contributed by atoms with E-state index in [1.165, 1.54) is 0 Å². The number of carbonyl (C=O) groups excluding carboxylic acids is 4. The Morgan fingerprint density at radius 1 is 0.917 bits per heavy atom. The van der Waals surface area contributed by atoms with Gasteiger partial charge >= 0.3 is 0 Å². The van der Waals surface area contributed by atoms with Crippen LogP contribution in [0.5, 0.6) is 0 Å². The minimum absolute atomic E-state index is 0. The summed E-state index contributed by atoms with van der Waals surface area (Å²) in [5, 5.41) is 0. The van der Waals surface area contributed by atoms with Crippen LogP contribution in [0.15, 0.2) is 0 Å². The number of rotatable bonds is 6. The molecule has 0 aromatic heterocycles. The maximum atomic E-state index is 10.2. The molecular formula is C7H8O4Zr. The van der Waals surface area contributed by atoms with Crippen molar-refractivity contribution in [3.63, 3.8) is 0 Å². The zero-order chi connectivity index (χ0) is 8.74. The molecule has 0 unspecified atom stereocenters. The maximum Gasteiger partial charge on any atom is 0.140 e. The molecule has 0 N–H and O–H groups in total. The van der Waals surface area contributed by atoms with Gasteiger partial charge in [0.05, 0.1) is 0 Å². The summed E-state index contributed by atoms with van der Waals surface area (Å²) in [4.78, 5) is 40.5. The molecule has 0 amide bonds. The topological polar surface area (TPSA) is 68.3 Å². The Morgan fingerprint density at radius 2 is 1.33 bits per heavy atom. The van der Waals surface area contributed by atoms with Gasteiger partial charge in [-0.2, -0.15) is 0 Å². The molecule has 0 saturated carbocycles. The first-order valence-electron chi connectivity index (χ1n) is 3.07. The largest absolute Gasteiger partial charge is 0.303 e. The maximum absolute atomic E-state index is 10.2. The number of aldehydes is 4. The first-order valence-corrected chi connectivity index (χ1v) is 3.07. The Labute approximate surface area is 88.8 Å². The summed E-state index contributed by atoms with van der Waals surface area (Å²) in [6.45, 7) is 0. The Balaban J connectivity index is 0. The van der Waals surface area contributed by atoms with Gasteiger partial charge in [0.15, 0.2) is 0 Å². The molecule has 12 heavy (non-hydrogen) atoms. The Kier molecular flexibility index (Phi) is 8.49. The zero-order valence-electron chi connectivity index (χ0n) is 6.36. The summed E-state index contributed by atoms with van der Waals surface area (Å²) in [5.41, 5.74) is -1.60. The standard InChI is InChI=1S/C7H8O4.Zr/c8-3-1-2-7(4-9,5-10)6-11;/h3-6H,1-2H2;. The molecule has 64 valence electrons. The Morgan fingerprint density at radius 3 is 1.58 bits per heavy atom. The summed E-state index contributed by atoms with van der Waals surface area (Å²) in [6.07, 6.45) is 1.35. The van der Waals surface area contributed by atoms with E-state index in [1.807, 2.05) is 0 Å². The van der Waals surface area contributed by atoms with Gasteiger partial charge in [-0.1, -0.05) is 0 Å². The third-order valence-corrected chi connectivity index (χ3v) is 1.35. The predicted molar refractivity (Wildman–Crippen MR) is 35.9 cm³/mol. The molecular weight excluding hydrogens is 239 g/mol. The van der Waals surface area contributed by atoms with Crippen molar-refractivity contribution < 1.29 is 45.4 Å². The molecule has 0 saturated heterocycles. The molecule has 4 nitrogen and oxygen atoms in total. The molecule has 0 rings (SSSR count). The summed E-state index contributed by atoms with van der Waals surface area (Å²) in [7, 11) is 0. The number of carbonyl (C=O) groups is 4. The normalized spacial score (nSPS) is 9.33. The third-order valence-electron chi connectivity index (χ3n) is 1.35. The van der Waals surface area contributed by atoms with Gasteiger partial charge in [0.2, 0.25) is 0 Å². The van der Waals surface area contributed by atoms with Crippen molar-refractivity contribution in [2.75, 3.05) is 0 Å². The number of hydrogen-bond acceptors (Lipinski definition) is 4. The van der Waals surface area contributed by atoms with Gasteiger partial charge in [0, 0.05) is 32.6 Å². The van der Waals surface area contributed by atoms with Crippen LogP contribution in [0.3, 0.4) is 0 Å². The van der Waals surface area contributed by atoms with Gasteiger partial charge in [-0.25, -0.2) is 0 Å². The third kappa shape index (κ3) is 3.81. The van der Waals surface area contributed by atoms with Crippen LogP contribution in [0, 0.1) is 5.41 Å². The average molecular weight is 247 g/mol. The average Bonchev–Trinajstić information content (AvgIpc) is 2.08. The van der Waals surface area contributed by atoms with Crippen LogP contribution < -0.4 is 0 Å². The van der Waals surface area contributed by atoms with Crippen LogP contribution in [0.1, 0.15) is 12.8 Å². The van der Waals surface area contributed by atoms with E-state index in [2.05, 4.69) is 0 Å². The summed E-state index contributed by atoms with van der Waals surface area (Å²) in [6, 6.07) is 0. The fraction of sp³-hybridized carbons (Fsp3) is 0.429. The van der Waals surface area contributed by atoms with Gasteiger partial charge in [-0.15, -0.1) is 0 Å². The second kappa shape index (κ2) is 7.23. The van der Waals surface area contributed by atoms with Crippen LogP contribution >= 0.6 is 0 Å². The van der Waals surface area contributed by atoms with Crippen LogP contribution in [0.25, 0.3) is 0 Å². The molecule has 0 atom stereocenters. The predicted octanol–water partition coefficient (Wildman–Crippen LogP) is -0.454. The molecule has 0 heterocycles. The van der Waals surface area contributed by atoms with Gasteiger partial charge in [0.25, 0.3) is 0 Å². The van der Waals surface area contributed by atoms with Gasteiger partial charge in [-0.05, 0) is 6.42 Å². The second-order valence-electron chi connectivity index (χ2n) is 2.17. The number of hydrogen-bond donors (Lipinski definition) is 0. The molecule has 0 spiro atoms. The van der Waals surface area contributed by atoms with Gasteiger partial charge in [0.1, 0.15) is 30.6 Å². The van der Waals surface area contributed by atoms with Crippen LogP contribution in [0.4, 0.5) is 0 Å². The molecule has 0 fully saturated rings. The van der Waals surface area contributed by atoms with Crippen molar-refractivity contribution in [2.45, 2.75) is 12.8 Å². The fourth-order valence-electron chi connectivity index (χ4n) is 0.569. The fourth-order valence-corrected chi connectivity index (χ4v) is 0.569. The SMILES string of the molecule is O=CCCC(C=O)(C=O)C=O.[Zr]. The van der Waals surface area contributed by atoms with Gasteiger partial charge in [-0.3, -0.25) is 0 Å². The van der Waals surface area contributed by atoms with Crippen LogP contribution in [-0.2, 0) is 45.4 Å². The van der Waals surface area contributed by atoms with Crippen LogP contribution in [0.2, 0.25) is 0 Å². The molecule has 0 aliphatic rings. The van der Waals surface area contributed by atoms with E-state index in [1.54, 1.807) is 0 Å². The van der Waals surface area contributed by atoms with E-state index in [0.717, 1.165) is 0 Å². The zero-order valence-corrected chi connectivity index (χ0v) is 8.81. The Hall–Kier alpha value is -0.437. The van der Waals surface area contributed by atoms with Crippen molar-refractivity contribution in [1.82, 2.24) is 0 Å². The first kappa shape index (κ1) is 14.1. The van der Waals surface area contributed by atoms with E-state index in [-0.39, 0.29) is 57.9 Å². The van der Waals surface area contributed by atoms with Crippen molar-refractivity contribution >= 4 is 25.1 Å². The van der Waals surface area contributed by atoms with E-state index in [4.69, 9.17) is 0 Å². The molecule has 0 bridgehead atoms. The first-order chi connectivity index (χ1) is 5.24. The van der Waals surface area contributed by atoms with E-state index in [0.29, 0.717) is 6.29 Å². The summed E-state index contributed by atoms with van der Waals surface area (Å²) < 4.78 is 0. The van der Waals surface area contributed by atoms with Crippen molar-refractivity contribution in [3.8, 4) is 0 Å². The summed E-state index contributed by atoms with van der Waals surface area (Å²) in [5.74, 6) is 0. The molecule has 0 aliphatic heterocycles. The quantitative estimate of drug-likeness (QED) is 0.471. The molecule has 0 radical (unpaired) electrons. The van der Waals surface area contributed by atoms with E-state index < -0.39 is 5.41 Å². The molecule has 0 aliphatic carbocycles.